The van der Waals surface area contributed by atoms with Gasteiger partial charge in [-0.3, -0.25) is 0 Å². The Kier molecular flexibility index (Phi) is 4.27. The first-order chi connectivity index (χ1) is 10.9. The molecule has 1 aromatic rings. The molecule has 0 radical (unpaired) electrons. The Bertz CT molecular complexity index is 625. The summed E-state index contributed by atoms with van der Waals surface area (Å²) in [7, 11) is 1.88. The Hall–Kier alpha value is -1.34. The SMILES string of the molecule is CO[C@@]1(C)C[C@]2(C)C=C(Cc3ccccc3)[C@H]1C=C2CC(C)C. The van der Waals surface area contributed by atoms with Crippen molar-refractivity contribution in [2.45, 2.75) is 52.6 Å². The molecule has 0 aliphatic heterocycles. The highest BCUT2D eigenvalue weighted by molar-refractivity contribution is 5.43. The van der Waals surface area contributed by atoms with Gasteiger partial charge in [-0.1, -0.05) is 74.4 Å². The van der Waals surface area contributed by atoms with Crippen molar-refractivity contribution in [2.24, 2.45) is 17.3 Å². The zero-order chi connectivity index (χ0) is 16.7. The van der Waals surface area contributed by atoms with Gasteiger partial charge in [0.2, 0.25) is 0 Å². The molecule has 0 aromatic heterocycles. The normalized spacial score (nSPS) is 32.9. The number of hydrogen-bond acceptors (Lipinski definition) is 1. The highest BCUT2D eigenvalue weighted by atomic mass is 16.5. The van der Waals surface area contributed by atoms with Crippen molar-refractivity contribution in [3.05, 3.63) is 59.2 Å². The molecule has 23 heavy (non-hydrogen) atoms. The van der Waals surface area contributed by atoms with E-state index < -0.39 is 0 Å². The third kappa shape index (κ3) is 3.04. The van der Waals surface area contributed by atoms with Crippen molar-refractivity contribution in [3.8, 4) is 0 Å². The molecule has 1 heteroatoms. The van der Waals surface area contributed by atoms with Crippen molar-refractivity contribution in [2.75, 3.05) is 7.11 Å². The lowest BCUT2D eigenvalue weighted by Crippen LogP contribution is -2.49. The maximum Gasteiger partial charge on any atom is 0.0761 e. The molecule has 3 aliphatic carbocycles. The number of fused-ring (bicyclic) bond motifs is 1. The summed E-state index contributed by atoms with van der Waals surface area (Å²) in [6, 6.07) is 10.8. The Labute approximate surface area is 141 Å². The molecule has 0 saturated heterocycles. The van der Waals surface area contributed by atoms with E-state index in [1.165, 1.54) is 17.6 Å². The van der Waals surface area contributed by atoms with Crippen molar-refractivity contribution < 1.29 is 4.74 Å². The summed E-state index contributed by atoms with van der Waals surface area (Å²) < 4.78 is 6.01. The summed E-state index contributed by atoms with van der Waals surface area (Å²) in [5, 5.41) is 0. The molecule has 0 spiro atoms. The van der Waals surface area contributed by atoms with Crippen LogP contribution < -0.4 is 0 Å². The van der Waals surface area contributed by atoms with Gasteiger partial charge in [0, 0.05) is 18.4 Å². The van der Waals surface area contributed by atoms with Gasteiger partial charge in [-0.15, -0.1) is 0 Å². The first-order valence-corrected chi connectivity index (χ1v) is 8.88. The molecular weight excluding hydrogens is 280 g/mol. The van der Waals surface area contributed by atoms with Gasteiger partial charge in [0.25, 0.3) is 0 Å². The van der Waals surface area contributed by atoms with Crippen LogP contribution in [0, 0.1) is 17.3 Å². The van der Waals surface area contributed by atoms with Crippen LogP contribution in [-0.2, 0) is 11.2 Å². The Balaban J connectivity index is 1.95. The van der Waals surface area contributed by atoms with E-state index in [0.717, 1.165) is 12.8 Å². The van der Waals surface area contributed by atoms with Gasteiger partial charge in [-0.05, 0) is 37.7 Å². The zero-order valence-corrected chi connectivity index (χ0v) is 15.2. The van der Waals surface area contributed by atoms with Crippen molar-refractivity contribution in [1.29, 1.82) is 0 Å². The Morgan fingerprint density at radius 2 is 1.87 bits per heavy atom. The third-order valence-corrected chi connectivity index (χ3v) is 5.73. The highest BCUT2D eigenvalue weighted by Crippen LogP contribution is 2.56. The molecule has 0 saturated carbocycles. The lowest BCUT2D eigenvalue weighted by Gasteiger charge is -2.53. The molecule has 1 nitrogen and oxygen atoms in total. The fourth-order valence-corrected chi connectivity index (χ4v) is 4.60. The van der Waals surface area contributed by atoms with Crippen LogP contribution in [-0.4, -0.2) is 12.7 Å². The molecule has 0 heterocycles. The molecule has 4 rings (SSSR count). The number of ether oxygens (including phenoxy) is 1. The number of rotatable bonds is 5. The zero-order valence-electron chi connectivity index (χ0n) is 15.2. The number of hydrogen-bond donors (Lipinski definition) is 0. The van der Waals surface area contributed by atoms with Crippen molar-refractivity contribution >= 4 is 0 Å². The van der Waals surface area contributed by atoms with Gasteiger partial charge in [0.1, 0.15) is 0 Å². The van der Waals surface area contributed by atoms with Crippen molar-refractivity contribution in [1.82, 2.24) is 0 Å². The monoisotopic (exact) mass is 310 g/mol. The Morgan fingerprint density at radius 3 is 2.43 bits per heavy atom. The van der Waals surface area contributed by atoms with E-state index in [-0.39, 0.29) is 11.0 Å². The largest absolute Gasteiger partial charge is 0.378 e. The van der Waals surface area contributed by atoms with Gasteiger partial charge in [0.15, 0.2) is 0 Å². The molecule has 0 unspecified atom stereocenters. The van der Waals surface area contributed by atoms with Gasteiger partial charge in [0.05, 0.1) is 5.60 Å². The molecule has 124 valence electrons. The molecule has 3 atom stereocenters. The summed E-state index contributed by atoms with van der Waals surface area (Å²) in [6.45, 7) is 9.32. The summed E-state index contributed by atoms with van der Waals surface area (Å²) in [6.07, 6.45) is 8.42. The highest BCUT2D eigenvalue weighted by Gasteiger charge is 2.50. The summed E-state index contributed by atoms with van der Waals surface area (Å²) in [5.41, 5.74) is 4.61. The lowest BCUT2D eigenvalue weighted by molar-refractivity contribution is -0.0566. The minimum absolute atomic E-state index is 0.0753. The maximum absolute atomic E-state index is 6.01. The van der Waals surface area contributed by atoms with Crippen LogP contribution in [0.2, 0.25) is 0 Å². The number of benzene rings is 1. The first kappa shape index (κ1) is 16.5. The molecule has 3 aliphatic rings. The number of methoxy groups -OCH3 is 1. The fourth-order valence-electron chi connectivity index (χ4n) is 4.60. The van der Waals surface area contributed by atoms with Crippen LogP contribution in [0.15, 0.2) is 53.6 Å². The Morgan fingerprint density at radius 1 is 1.17 bits per heavy atom. The molecular formula is C22H30O. The molecule has 1 aromatic carbocycles. The van der Waals surface area contributed by atoms with Crippen LogP contribution in [0.25, 0.3) is 0 Å². The van der Waals surface area contributed by atoms with Crippen LogP contribution in [0.1, 0.15) is 46.1 Å². The lowest BCUT2D eigenvalue weighted by atomic mass is 9.55. The topological polar surface area (TPSA) is 9.23 Å². The van der Waals surface area contributed by atoms with Gasteiger partial charge >= 0.3 is 0 Å². The fraction of sp³-hybridized carbons (Fsp3) is 0.545. The van der Waals surface area contributed by atoms with Crippen LogP contribution >= 0.6 is 0 Å². The average molecular weight is 310 g/mol. The van der Waals surface area contributed by atoms with E-state index in [2.05, 4.69) is 70.2 Å². The summed E-state index contributed by atoms with van der Waals surface area (Å²) in [4.78, 5) is 0. The first-order valence-electron chi connectivity index (χ1n) is 8.88. The maximum atomic E-state index is 6.01. The van der Waals surface area contributed by atoms with Crippen LogP contribution in [0.5, 0.6) is 0 Å². The quantitative estimate of drug-likeness (QED) is 0.646. The van der Waals surface area contributed by atoms with Crippen LogP contribution in [0.4, 0.5) is 0 Å². The van der Waals surface area contributed by atoms with Crippen LogP contribution in [0.3, 0.4) is 0 Å². The van der Waals surface area contributed by atoms with E-state index in [4.69, 9.17) is 4.74 Å². The summed E-state index contributed by atoms with van der Waals surface area (Å²) >= 11 is 0. The van der Waals surface area contributed by atoms with E-state index in [1.807, 2.05) is 7.11 Å². The minimum Gasteiger partial charge on any atom is -0.378 e. The predicted molar refractivity (Wildman–Crippen MR) is 97.4 cm³/mol. The summed E-state index contributed by atoms with van der Waals surface area (Å²) in [5.74, 6) is 1.11. The second-order valence-corrected chi connectivity index (χ2v) is 8.26. The average Bonchev–Trinajstić information content (AvgIpc) is 2.49. The van der Waals surface area contributed by atoms with E-state index >= 15 is 0 Å². The van der Waals surface area contributed by atoms with E-state index in [9.17, 15) is 0 Å². The molecule has 0 N–H and O–H groups in total. The number of allylic oxidation sites excluding steroid dienone is 2. The second-order valence-electron chi connectivity index (χ2n) is 8.26. The second kappa shape index (κ2) is 5.94. The van der Waals surface area contributed by atoms with E-state index in [0.29, 0.717) is 11.8 Å². The van der Waals surface area contributed by atoms with Crippen molar-refractivity contribution in [3.63, 3.8) is 0 Å². The molecule has 0 amide bonds. The third-order valence-electron chi connectivity index (χ3n) is 5.73. The minimum atomic E-state index is -0.0753. The van der Waals surface area contributed by atoms with E-state index in [1.54, 1.807) is 5.57 Å². The van der Waals surface area contributed by atoms with Gasteiger partial charge in [-0.25, -0.2) is 0 Å². The van der Waals surface area contributed by atoms with Gasteiger partial charge in [-0.2, -0.15) is 0 Å². The molecule has 0 fully saturated rings. The standard InChI is InChI=1S/C22H30O/c1-16(2)11-19-13-20-18(12-17-9-7-6-8-10-17)14-21(19,3)15-22(20,4)23-5/h6-10,13-14,16,20H,11-12,15H2,1-5H3/t20-,21+,22+/m1/s1. The predicted octanol–water partition coefficient (Wildman–Crippen LogP) is 5.57. The molecule has 2 bridgehead atoms. The van der Waals surface area contributed by atoms with Gasteiger partial charge < -0.3 is 4.74 Å². The smallest absolute Gasteiger partial charge is 0.0761 e.